The zero-order chi connectivity index (χ0) is 59.4. The number of allylic oxidation sites excluding steroid dienone is 1. The Hall–Kier alpha value is -7.34. The Labute approximate surface area is 503 Å². The number of anilines is 2. The van der Waals surface area contributed by atoms with Gasteiger partial charge in [0, 0.05) is 116 Å². The van der Waals surface area contributed by atoms with Gasteiger partial charge in [-0.25, -0.2) is 18.1 Å². The normalized spacial score (nSPS) is 19.5. The summed E-state index contributed by atoms with van der Waals surface area (Å²) in [4.78, 5) is 80.1. The highest BCUT2D eigenvalue weighted by Gasteiger charge is 2.40. The molecule has 23 heteroatoms. The van der Waals surface area contributed by atoms with Crippen LogP contribution in [-0.4, -0.2) is 146 Å². The van der Waals surface area contributed by atoms with E-state index in [1.54, 1.807) is 47.1 Å². The molecule has 2 unspecified atom stereocenters. The number of nitrogens with zero attached hydrogens (tertiary/aromatic N) is 6. The van der Waals surface area contributed by atoms with E-state index in [1.807, 2.05) is 30.3 Å². The Morgan fingerprint density at radius 2 is 1.76 bits per heavy atom. The molecule has 4 amide bonds. The molecule has 85 heavy (non-hydrogen) atoms. The molecule has 6 aromatic rings. The van der Waals surface area contributed by atoms with E-state index >= 15 is 0 Å². The number of carbonyl (C=O) groups is 4. The summed E-state index contributed by atoms with van der Waals surface area (Å²) in [6.45, 7) is 12.5. The minimum Gasteiger partial charge on any atom is -0.455 e. The zero-order valence-electron chi connectivity index (χ0n) is 47.6. The summed E-state index contributed by atoms with van der Waals surface area (Å²) in [7, 11) is -4.64. The van der Waals surface area contributed by atoms with Crippen LogP contribution in [0.4, 0.5) is 17.1 Å². The number of benzene rings is 4. The maximum absolute atomic E-state index is 14.2. The van der Waals surface area contributed by atoms with Crippen molar-refractivity contribution in [3.63, 3.8) is 0 Å². The lowest BCUT2D eigenvalue weighted by Gasteiger charge is -2.39. The Morgan fingerprint density at radius 1 is 0.941 bits per heavy atom. The lowest BCUT2D eigenvalue weighted by atomic mass is 9.72. The van der Waals surface area contributed by atoms with E-state index in [9.17, 15) is 37.7 Å². The van der Waals surface area contributed by atoms with E-state index < -0.39 is 43.4 Å². The molecule has 3 fully saturated rings. The number of aromatic nitrogens is 2. The predicted molar refractivity (Wildman–Crippen MR) is 327 cm³/mol. The van der Waals surface area contributed by atoms with Gasteiger partial charge in [0.25, 0.3) is 27.5 Å². The van der Waals surface area contributed by atoms with Gasteiger partial charge in [0.15, 0.2) is 0 Å². The van der Waals surface area contributed by atoms with E-state index in [4.69, 9.17) is 21.1 Å². The standard InChI is InChI=1S/C62H69ClN10O10S2/c1-62(2)20-18-43(50(34-62)41-8-10-44(63)11-9-41)38-70-23-25-71(26-24-70)45-12-14-49(55(32-45)83-46-31-42-19-21-64-58(42)66-36-46)59(75)68-85(80,81)47-13-15-52(54(33-47)73(78)79)65-35-40-5-4-22-69(37-40)27-28-82-29-30-84-56-7-3-6-48-51(56)39-72(61(48)77)53-16-17-57(74)67-60(53)76/h3,6-15,19,21,31-33,36,40,53,65H,4-5,16-18,20,22-30,34-35,37-39H2,1-2H3,(H,64,66)(H,68,75)(H,67,74,76). The second-order valence-electron chi connectivity index (χ2n) is 23.3. The number of likely N-dealkylation sites (tertiary alicyclic amines) is 1. The number of amides is 4. The second kappa shape index (κ2) is 25.7. The molecule has 0 saturated carbocycles. The summed E-state index contributed by atoms with van der Waals surface area (Å²) in [5, 5.41) is 19.6. The van der Waals surface area contributed by atoms with Crippen LogP contribution < -0.4 is 25.0 Å². The number of thioether (sulfide) groups is 1. The fraction of sp³-hybridized carbons (Fsp3) is 0.403. The van der Waals surface area contributed by atoms with Crippen molar-refractivity contribution >= 4 is 90.7 Å². The molecule has 4 aliphatic heterocycles. The van der Waals surface area contributed by atoms with Crippen molar-refractivity contribution in [2.24, 2.45) is 11.3 Å². The number of nitrogens with one attached hydrogen (secondary N) is 4. The predicted octanol–water partition coefficient (Wildman–Crippen LogP) is 9.52. The molecule has 3 saturated heterocycles. The Balaban J connectivity index is 0.687. The number of nitro benzene ring substituents is 1. The number of hydrogen-bond acceptors (Lipinski definition) is 16. The Morgan fingerprint density at radius 3 is 2.56 bits per heavy atom. The third-order valence-electron chi connectivity index (χ3n) is 16.8. The van der Waals surface area contributed by atoms with E-state index in [2.05, 4.69) is 66.0 Å². The minimum absolute atomic E-state index is 0.0600. The fourth-order valence-electron chi connectivity index (χ4n) is 12.2. The molecule has 4 aromatic carbocycles. The van der Waals surface area contributed by atoms with Crippen LogP contribution in [0.15, 0.2) is 119 Å². The number of rotatable bonds is 21. The Bertz CT molecular complexity index is 3680. The number of H-pyrrole nitrogens is 1. The Kier molecular flexibility index (Phi) is 18.0. The average Bonchev–Trinajstić information content (AvgIpc) is 3.30. The van der Waals surface area contributed by atoms with Crippen molar-refractivity contribution in [2.75, 3.05) is 88.1 Å². The zero-order valence-corrected chi connectivity index (χ0v) is 50.0. The van der Waals surface area contributed by atoms with Crippen LogP contribution in [0.2, 0.25) is 5.02 Å². The first-order valence-electron chi connectivity index (χ1n) is 28.9. The fourth-order valence-corrected chi connectivity index (χ4v) is 14.2. The number of sulfonamides is 1. The van der Waals surface area contributed by atoms with E-state index in [1.165, 1.54) is 41.1 Å². The molecule has 2 aromatic heterocycles. The molecule has 20 nitrogen and oxygen atoms in total. The van der Waals surface area contributed by atoms with Crippen LogP contribution in [0.3, 0.4) is 0 Å². The van der Waals surface area contributed by atoms with Gasteiger partial charge < -0.3 is 34.5 Å². The van der Waals surface area contributed by atoms with Crippen molar-refractivity contribution in [1.29, 1.82) is 0 Å². The van der Waals surface area contributed by atoms with Gasteiger partial charge in [-0.1, -0.05) is 49.2 Å². The molecule has 4 N–H and O–H groups in total. The van der Waals surface area contributed by atoms with Crippen LogP contribution in [-0.2, 0) is 30.9 Å². The lowest BCUT2D eigenvalue weighted by Crippen LogP contribution is -2.52. The summed E-state index contributed by atoms with van der Waals surface area (Å²) < 4.78 is 42.6. The van der Waals surface area contributed by atoms with E-state index in [-0.39, 0.29) is 46.6 Å². The van der Waals surface area contributed by atoms with Crippen LogP contribution in [0.25, 0.3) is 16.6 Å². The van der Waals surface area contributed by atoms with Gasteiger partial charge in [-0.3, -0.25) is 39.5 Å². The van der Waals surface area contributed by atoms with E-state index in [0.717, 1.165) is 97.4 Å². The monoisotopic (exact) mass is 1210 g/mol. The van der Waals surface area contributed by atoms with Crippen molar-refractivity contribution in [2.45, 2.75) is 81.2 Å². The quantitative estimate of drug-likeness (QED) is 0.0172. The number of ether oxygens (including phenoxy) is 2. The van der Waals surface area contributed by atoms with Crippen molar-refractivity contribution in [3.8, 4) is 11.5 Å². The van der Waals surface area contributed by atoms with Gasteiger partial charge in [0.1, 0.15) is 28.9 Å². The van der Waals surface area contributed by atoms with Crippen molar-refractivity contribution < 1.29 is 42.0 Å². The second-order valence-corrected chi connectivity index (χ2v) is 26.5. The molecule has 2 atom stereocenters. The number of carbonyl (C=O) groups excluding carboxylic acids is 4. The molecule has 1 aliphatic carbocycles. The summed E-state index contributed by atoms with van der Waals surface area (Å²) in [5.74, 6) is -0.705. The smallest absolute Gasteiger partial charge is 0.293 e. The highest BCUT2D eigenvalue weighted by atomic mass is 35.5. The van der Waals surface area contributed by atoms with E-state index in [0.29, 0.717) is 75.1 Å². The third-order valence-corrected chi connectivity index (χ3v) is 19.5. The molecule has 6 heterocycles. The van der Waals surface area contributed by atoms with Crippen molar-refractivity contribution in [3.05, 3.63) is 146 Å². The van der Waals surface area contributed by atoms with Gasteiger partial charge in [-0.15, -0.1) is 11.8 Å². The van der Waals surface area contributed by atoms with Crippen LogP contribution >= 0.6 is 23.4 Å². The van der Waals surface area contributed by atoms with Crippen LogP contribution in [0.5, 0.6) is 11.5 Å². The number of nitro groups is 1. The van der Waals surface area contributed by atoms with Gasteiger partial charge >= 0.3 is 0 Å². The highest BCUT2D eigenvalue weighted by Crippen LogP contribution is 2.44. The van der Waals surface area contributed by atoms with Crippen LogP contribution in [0.1, 0.15) is 90.6 Å². The molecule has 0 bridgehead atoms. The maximum atomic E-state index is 14.2. The molecular formula is C62H69ClN10O10S2. The number of aromatic amines is 1. The number of imide groups is 1. The molecule has 446 valence electrons. The third kappa shape index (κ3) is 14.0. The summed E-state index contributed by atoms with van der Waals surface area (Å²) >= 11 is 7.86. The van der Waals surface area contributed by atoms with Gasteiger partial charge in [0.05, 0.1) is 34.8 Å². The summed E-state index contributed by atoms with van der Waals surface area (Å²) in [6.07, 6.45) is 8.74. The topological polar surface area (TPSA) is 242 Å². The van der Waals surface area contributed by atoms with Gasteiger partial charge in [0.2, 0.25) is 11.8 Å². The number of halogens is 1. The first kappa shape index (κ1) is 59.4. The molecule has 5 aliphatic rings. The van der Waals surface area contributed by atoms with Gasteiger partial charge in [-0.2, -0.15) is 0 Å². The summed E-state index contributed by atoms with van der Waals surface area (Å²) in [6, 6.07) is 25.3. The molecular weight excluding hydrogens is 1140 g/mol. The van der Waals surface area contributed by atoms with Crippen molar-refractivity contribution in [1.82, 2.24) is 34.7 Å². The number of pyridine rings is 1. The number of piperazine rings is 1. The molecule has 11 rings (SSSR count). The largest absolute Gasteiger partial charge is 0.455 e. The molecule has 0 spiro atoms. The first-order chi connectivity index (χ1) is 40.9. The highest BCUT2D eigenvalue weighted by molar-refractivity contribution is 7.99. The minimum atomic E-state index is -4.64. The number of hydrogen-bond donors (Lipinski definition) is 4. The number of piperidine rings is 2. The average molecular weight is 1210 g/mol. The SMILES string of the molecule is CC1(C)CCC(CN2CCN(c3ccc(C(=O)NS(=O)(=O)c4ccc(NCC5CCCN(CCOCCSc6cccc7c6CN(C6CCC(=O)NC6=O)C7=O)C5)c([N+](=O)[O-])c4)c(Oc4cnc5[nH]ccc5c4)c3)CC2)=C(c2ccc(Cl)cc2)C1. The van der Waals surface area contributed by atoms with Gasteiger partial charge in [-0.05, 0) is 134 Å². The first-order valence-corrected chi connectivity index (χ1v) is 31.8. The maximum Gasteiger partial charge on any atom is 0.293 e. The summed E-state index contributed by atoms with van der Waals surface area (Å²) in [5.41, 5.74) is 6.81. The number of fused-ring (bicyclic) bond motifs is 2. The molecule has 0 radical (unpaired) electrons. The van der Waals surface area contributed by atoms with Crippen LogP contribution in [0, 0.1) is 21.4 Å². The lowest BCUT2D eigenvalue weighted by molar-refractivity contribution is -0.384.